The van der Waals surface area contributed by atoms with Crippen molar-refractivity contribution >= 4 is 34.2 Å². The SMILES string of the molecule is Cc1nccn1CC1CCc2c(c3ccccc3n2C)C1=NOC(=O)c1ccccc1Cl. The molecular weight excluding hydrogens is 424 g/mol. The number of imidazole rings is 1. The Morgan fingerprint density at radius 1 is 1.22 bits per heavy atom. The molecule has 0 N–H and O–H groups in total. The molecule has 2 aromatic carbocycles. The third-order valence-electron chi connectivity index (χ3n) is 6.26. The van der Waals surface area contributed by atoms with Crippen molar-refractivity contribution in [3.05, 3.63) is 88.6 Å². The van der Waals surface area contributed by atoms with E-state index in [1.165, 1.54) is 5.69 Å². The summed E-state index contributed by atoms with van der Waals surface area (Å²) in [4.78, 5) is 22.6. The first-order chi connectivity index (χ1) is 15.5. The lowest BCUT2D eigenvalue weighted by Gasteiger charge is -2.25. The van der Waals surface area contributed by atoms with Crippen LogP contribution in [0, 0.1) is 12.8 Å². The summed E-state index contributed by atoms with van der Waals surface area (Å²) in [6, 6.07) is 15.1. The standard InChI is InChI=1S/C25H23ClN4O2/c1-16-27-13-14-30(16)15-17-11-12-22-23(19-8-4-6-10-21(19)29(22)2)24(17)28-32-25(31)18-7-3-5-9-20(18)26/h3-10,13-14,17H,11-12,15H2,1-2H3. The minimum Gasteiger partial charge on any atom is -0.347 e. The number of hydrogen-bond acceptors (Lipinski definition) is 4. The lowest BCUT2D eigenvalue weighted by Crippen LogP contribution is -2.28. The molecule has 2 heterocycles. The Hall–Kier alpha value is -3.38. The second-order valence-corrected chi connectivity index (χ2v) is 8.50. The first-order valence-electron chi connectivity index (χ1n) is 10.6. The maximum absolute atomic E-state index is 12.7. The molecular formula is C25H23ClN4O2. The molecule has 0 fully saturated rings. The second kappa shape index (κ2) is 8.28. The molecule has 1 atom stereocenters. The van der Waals surface area contributed by atoms with Gasteiger partial charge in [-0.1, -0.05) is 47.1 Å². The third-order valence-corrected chi connectivity index (χ3v) is 6.59. The summed E-state index contributed by atoms with van der Waals surface area (Å²) in [5.74, 6) is 0.467. The summed E-state index contributed by atoms with van der Waals surface area (Å²) in [7, 11) is 2.08. The van der Waals surface area contributed by atoms with E-state index in [0.29, 0.717) is 10.6 Å². The predicted molar refractivity (Wildman–Crippen MR) is 125 cm³/mol. The fraction of sp³-hybridized carbons (Fsp3) is 0.240. The van der Waals surface area contributed by atoms with Gasteiger partial charge in [-0.15, -0.1) is 0 Å². The van der Waals surface area contributed by atoms with Crippen LogP contribution in [0.2, 0.25) is 5.02 Å². The van der Waals surface area contributed by atoms with Crippen molar-refractivity contribution < 1.29 is 9.63 Å². The Kier molecular flexibility index (Phi) is 5.31. The van der Waals surface area contributed by atoms with Crippen LogP contribution in [0.1, 0.15) is 33.9 Å². The van der Waals surface area contributed by atoms with Gasteiger partial charge >= 0.3 is 5.97 Å². The quantitative estimate of drug-likeness (QED) is 0.321. The molecule has 0 saturated carbocycles. The molecule has 6 nitrogen and oxygen atoms in total. The Morgan fingerprint density at radius 2 is 2.00 bits per heavy atom. The Balaban J connectivity index is 1.58. The van der Waals surface area contributed by atoms with E-state index in [2.05, 4.69) is 38.5 Å². The molecule has 162 valence electrons. The summed E-state index contributed by atoms with van der Waals surface area (Å²) < 4.78 is 4.33. The number of aromatic nitrogens is 3. The van der Waals surface area contributed by atoms with E-state index >= 15 is 0 Å². The van der Waals surface area contributed by atoms with E-state index in [1.54, 1.807) is 30.5 Å². The summed E-state index contributed by atoms with van der Waals surface area (Å²) in [5, 5.41) is 5.92. The van der Waals surface area contributed by atoms with E-state index in [-0.39, 0.29) is 5.92 Å². The van der Waals surface area contributed by atoms with Gasteiger partial charge in [-0.3, -0.25) is 0 Å². The molecule has 0 bridgehead atoms. The van der Waals surface area contributed by atoms with E-state index in [0.717, 1.165) is 47.4 Å². The predicted octanol–water partition coefficient (Wildman–Crippen LogP) is 5.16. The smallest absolute Gasteiger partial charge is 0.347 e. The highest BCUT2D eigenvalue weighted by molar-refractivity contribution is 6.33. The molecule has 7 heteroatoms. The number of halogens is 1. The van der Waals surface area contributed by atoms with Crippen molar-refractivity contribution in [3.8, 4) is 0 Å². The number of benzene rings is 2. The van der Waals surface area contributed by atoms with Gasteiger partial charge in [0.1, 0.15) is 5.82 Å². The number of para-hydroxylation sites is 1. The highest BCUT2D eigenvalue weighted by Gasteiger charge is 2.32. The molecule has 2 aromatic heterocycles. The molecule has 5 rings (SSSR count). The van der Waals surface area contributed by atoms with Gasteiger partial charge in [0.2, 0.25) is 0 Å². The molecule has 0 aliphatic heterocycles. The number of nitrogens with zero attached hydrogens (tertiary/aromatic N) is 4. The van der Waals surface area contributed by atoms with Gasteiger partial charge in [0.05, 0.1) is 16.3 Å². The Morgan fingerprint density at radius 3 is 2.78 bits per heavy atom. The van der Waals surface area contributed by atoms with Gasteiger partial charge in [-0.05, 0) is 38.0 Å². The van der Waals surface area contributed by atoms with Crippen molar-refractivity contribution in [2.45, 2.75) is 26.3 Å². The van der Waals surface area contributed by atoms with Crippen molar-refractivity contribution in [1.29, 1.82) is 0 Å². The molecule has 0 radical (unpaired) electrons. The van der Waals surface area contributed by atoms with Crippen molar-refractivity contribution in [2.24, 2.45) is 18.1 Å². The van der Waals surface area contributed by atoms with Gasteiger partial charge in [-0.2, -0.15) is 0 Å². The Bertz CT molecular complexity index is 1350. The zero-order valence-electron chi connectivity index (χ0n) is 18.0. The normalized spacial score (nSPS) is 17.0. The van der Waals surface area contributed by atoms with Crippen LogP contribution in [0.25, 0.3) is 10.9 Å². The average Bonchev–Trinajstić information content (AvgIpc) is 3.34. The molecule has 0 spiro atoms. The van der Waals surface area contributed by atoms with Crippen molar-refractivity contribution in [1.82, 2.24) is 14.1 Å². The second-order valence-electron chi connectivity index (χ2n) is 8.10. The largest absolute Gasteiger partial charge is 0.367 e. The topological polar surface area (TPSA) is 61.4 Å². The number of aryl methyl sites for hydroxylation is 2. The summed E-state index contributed by atoms with van der Waals surface area (Å²) in [5.41, 5.74) is 4.49. The zero-order chi connectivity index (χ0) is 22.2. The van der Waals surface area contributed by atoms with Crippen molar-refractivity contribution in [3.63, 3.8) is 0 Å². The number of carbonyl (C=O) groups excluding carboxylic acids is 1. The van der Waals surface area contributed by atoms with Crippen LogP contribution < -0.4 is 0 Å². The highest BCUT2D eigenvalue weighted by Crippen LogP contribution is 2.35. The first kappa shape index (κ1) is 20.5. The molecule has 0 saturated heterocycles. The molecule has 1 aliphatic rings. The monoisotopic (exact) mass is 446 g/mol. The van der Waals surface area contributed by atoms with Gasteiger partial charge in [0, 0.05) is 54.1 Å². The maximum atomic E-state index is 12.7. The van der Waals surface area contributed by atoms with Gasteiger partial charge in [0.15, 0.2) is 0 Å². The average molecular weight is 447 g/mol. The van der Waals surface area contributed by atoms with E-state index in [4.69, 9.17) is 16.4 Å². The van der Waals surface area contributed by atoms with E-state index in [1.807, 2.05) is 25.3 Å². The lowest BCUT2D eigenvalue weighted by molar-refractivity contribution is 0.0513. The van der Waals surface area contributed by atoms with Crippen LogP contribution >= 0.6 is 11.6 Å². The van der Waals surface area contributed by atoms with Crippen LogP contribution in [0.3, 0.4) is 0 Å². The summed E-state index contributed by atoms with van der Waals surface area (Å²) in [6.45, 7) is 2.71. The molecule has 1 aliphatic carbocycles. The summed E-state index contributed by atoms with van der Waals surface area (Å²) >= 11 is 6.18. The Labute approximate surface area is 191 Å². The van der Waals surface area contributed by atoms with E-state index < -0.39 is 5.97 Å². The van der Waals surface area contributed by atoms with Gasteiger partial charge in [-0.25, -0.2) is 9.78 Å². The van der Waals surface area contributed by atoms with Crippen LogP contribution in [-0.2, 0) is 24.9 Å². The van der Waals surface area contributed by atoms with Crippen LogP contribution in [-0.4, -0.2) is 25.8 Å². The van der Waals surface area contributed by atoms with Crippen molar-refractivity contribution in [2.75, 3.05) is 0 Å². The highest BCUT2D eigenvalue weighted by atomic mass is 35.5. The number of carbonyl (C=O) groups is 1. The molecule has 0 amide bonds. The fourth-order valence-corrected chi connectivity index (χ4v) is 4.79. The number of rotatable bonds is 4. The summed E-state index contributed by atoms with van der Waals surface area (Å²) in [6.07, 6.45) is 5.60. The number of fused-ring (bicyclic) bond motifs is 3. The molecule has 1 unspecified atom stereocenters. The van der Waals surface area contributed by atoms with Gasteiger partial charge in [0.25, 0.3) is 0 Å². The molecule has 4 aromatic rings. The lowest BCUT2D eigenvalue weighted by atomic mass is 9.84. The zero-order valence-corrected chi connectivity index (χ0v) is 18.7. The maximum Gasteiger partial charge on any atom is 0.367 e. The van der Waals surface area contributed by atoms with Gasteiger partial charge < -0.3 is 14.0 Å². The van der Waals surface area contributed by atoms with E-state index in [9.17, 15) is 4.79 Å². The number of hydrogen-bond donors (Lipinski definition) is 0. The van der Waals surface area contributed by atoms with Crippen LogP contribution in [0.4, 0.5) is 0 Å². The minimum absolute atomic E-state index is 0.0836. The van der Waals surface area contributed by atoms with Crippen LogP contribution in [0.15, 0.2) is 66.1 Å². The number of oxime groups is 1. The minimum atomic E-state index is -0.562. The molecule has 32 heavy (non-hydrogen) atoms. The third kappa shape index (κ3) is 3.50. The fourth-order valence-electron chi connectivity index (χ4n) is 4.57. The first-order valence-corrected chi connectivity index (χ1v) is 11.0. The van der Waals surface area contributed by atoms with Crippen LogP contribution in [0.5, 0.6) is 0 Å².